The summed E-state index contributed by atoms with van der Waals surface area (Å²) >= 11 is 0. The monoisotopic (exact) mass is 514 g/mol. The molecular weight excluding hydrogens is 484 g/mol. The topological polar surface area (TPSA) is 67.2 Å². The van der Waals surface area contributed by atoms with Gasteiger partial charge in [-0.3, -0.25) is 9.36 Å². The molecule has 7 nitrogen and oxygen atoms in total. The van der Waals surface area contributed by atoms with Crippen LogP contribution in [0.1, 0.15) is 18.4 Å². The fraction of sp³-hybridized carbons (Fsp3) is 0.188. The molecule has 5 aromatic rings. The van der Waals surface area contributed by atoms with Crippen LogP contribution in [-0.2, 0) is 11.3 Å². The molecule has 0 aliphatic carbocycles. The third kappa shape index (κ3) is 5.43. The summed E-state index contributed by atoms with van der Waals surface area (Å²) in [7, 11) is 0. The van der Waals surface area contributed by atoms with Crippen molar-refractivity contribution in [2.24, 2.45) is 5.92 Å². The minimum atomic E-state index is -0.123. The quantitative estimate of drug-likeness (QED) is 0.275. The van der Waals surface area contributed by atoms with Crippen LogP contribution in [0.4, 0.5) is 11.5 Å². The molecule has 0 N–H and O–H groups in total. The van der Waals surface area contributed by atoms with Gasteiger partial charge in [-0.1, -0.05) is 78.9 Å². The van der Waals surface area contributed by atoms with Gasteiger partial charge in [-0.05, 0) is 42.7 Å². The zero-order chi connectivity index (χ0) is 26.4. The first kappa shape index (κ1) is 24.6. The average Bonchev–Trinajstić information content (AvgIpc) is 3.51. The van der Waals surface area contributed by atoms with Crippen molar-refractivity contribution in [2.75, 3.05) is 22.9 Å². The molecule has 3 aromatic carbocycles. The van der Waals surface area contributed by atoms with E-state index >= 15 is 0 Å². The van der Waals surface area contributed by atoms with E-state index in [4.69, 9.17) is 0 Å². The number of aromatic nitrogens is 4. The van der Waals surface area contributed by atoms with Gasteiger partial charge >= 0.3 is 0 Å². The van der Waals surface area contributed by atoms with E-state index in [0.717, 1.165) is 47.8 Å². The second-order valence-electron chi connectivity index (χ2n) is 9.77. The Kier molecular flexibility index (Phi) is 7.12. The maximum Gasteiger partial charge on any atom is 0.232 e. The molecule has 1 amide bonds. The number of hydrogen-bond acceptors (Lipinski definition) is 5. The fourth-order valence-corrected chi connectivity index (χ4v) is 5.18. The lowest BCUT2D eigenvalue weighted by Gasteiger charge is -2.35. The lowest BCUT2D eigenvalue weighted by molar-refractivity contribution is -0.122. The highest BCUT2D eigenvalue weighted by Gasteiger charge is 2.31. The Balaban J connectivity index is 1.20. The number of nitrogens with zero attached hydrogens (tertiary/aromatic N) is 6. The summed E-state index contributed by atoms with van der Waals surface area (Å²) in [5, 5.41) is 9.09. The van der Waals surface area contributed by atoms with E-state index in [-0.39, 0.29) is 11.8 Å². The van der Waals surface area contributed by atoms with E-state index in [9.17, 15) is 4.79 Å². The molecule has 1 unspecified atom stereocenters. The molecule has 0 bridgehead atoms. The summed E-state index contributed by atoms with van der Waals surface area (Å²) in [5.74, 6) is 2.33. The molecule has 194 valence electrons. The lowest BCUT2D eigenvalue weighted by Crippen LogP contribution is -2.45. The first-order valence-electron chi connectivity index (χ1n) is 13.3. The van der Waals surface area contributed by atoms with Crippen molar-refractivity contribution < 1.29 is 4.79 Å². The number of amides is 1. The number of para-hydroxylation sites is 1. The van der Waals surface area contributed by atoms with Crippen LogP contribution in [0, 0.1) is 5.92 Å². The summed E-state index contributed by atoms with van der Waals surface area (Å²) in [6.07, 6.45) is 5.45. The third-order valence-corrected chi connectivity index (χ3v) is 7.17. The Labute approximate surface area is 228 Å². The second-order valence-corrected chi connectivity index (χ2v) is 9.77. The van der Waals surface area contributed by atoms with Crippen molar-refractivity contribution in [1.82, 2.24) is 19.7 Å². The number of benzene rings is 3. The molecule has 0 saturated carbocycles. The fourth-order valence-electron chi connectivity index (χ4n) is 5.18. The minimum Gasteiger partial charge on any atom is -0.354 e. The van der Waals surface area contributed by atoms with E-state index in [2.05, 4.69) is 32.2 Å². The van der Waals surface area contributed by atoms with Crippen LogP contribution in [0.2, 0.25) is 0 Å². The number of piperidine rings is 1. The second kappa shape index (κ2) is 11.3. The van der Waals surface area contributed by atoms with Crippen LogP contribution in [0.15, 0.2) is 116 Å². The maximum atomic E-state index is 13.9. The van der Waals surface area contributed by atoms with Crippen molar-refractivity contribution in [3.8, 4) is 17.2 Å². The first-order chi connectivity index (χ1) is 19.3. The van der Waals surface area contributed by atoms with Crippen molar-refractivity contribution in [3.63, 3.8) is 0 Å². The van der Waals surface area contributed by atoms with Gasteiger partial charge in [-0.15, -0.1) is 10.2 Å². The zero-order valence-corrected chi connectivity index (χ0v) is 21.7. The summed E-state index contributed by atoms with van der Waals surface area (Å²) in [5.41, 5.74) is 3.05. The van der Waals surface area contributed by atoms with Crippen LogP contribution < -0.4 is 9.80 Å². The number of imidazole rings is 1. The van der Waals surface area contributed by atoms with Gasteiger partial charge in [0, 0.05) is 36.7 Å². The van der Waals surface area contributed by atoms with Gasteiger partial charge in [0.15, 0.2) is 11.6 Å². The van der Waals surface area contributed by atoms with Crippen molar-refractivity contribution in [2.45, 2.75) is 19.4 Å². The number of rotatable bonds is 7. The van der Waals surface area contributed by atoms with Gasteiger partial charge < -0.3 is 9.80 Å². The molecule has 7 heteroatoms. The number of carbonyl (C=O) groups is 1. The largest absolute Gasteiger partial charge is 0.354 e. The zero-order valence-electron chi connectivity index (χ0n) is 21.7. The van der Waals surface area contributed by atoms with Gasteiger partial charge in [-0.2, -0.15) is 0 Å². The highest BCUT2D eigenvalue weighted by atomic mass is 16.2. The summed E-state index contributed by atoms with van der Waals surface area (Å²) in [4.78, 5) is 22.5. The minimum absolute atomic E-state index is 0.123. The molecule has 6 rings (SSSR count). The predicted molar refractivity (Wildman–Crippen MR) is 154 cm³/mol. The number of anilines is 2. The average molecular weight is 515 g/mol. The summed E-state index contributed by atoms with van der Waals surface area (Å²) in [6, 6.07) is 34.1. The van der Waals surface area contributed by atoms with Gasteiger partial charge in [-0.25, -0.2) is 4.98 Å². The van der Waals surface area contributed by atoms with Crippen LogP contribution in [0.5, 0.6) is 0 Å². The van der Waals surface area contributed by atoms with Crippen LogP contribution in [-0.4, -0.2) is 38.7 Å². The summed E-state index contributed by atoms with van der Waals surface area (Å²) in [6.45, 7) is 2.01. The highest BCUT2D eigenvalue weighted by molar-refractivity contribution is 5.95. The van der Waals surface area contributed by atoms with E-state index in [1.54, 1.807) is 6.20 Å². The Hall–Kier alpha value is -4.78. The molecule has 1 atom stereocenters. The molecule has 0 spiro atoms. The number of carbonyl (C=O) groups excluding carboxylic acids is 1. The van der Waals surface area contributed by atoms with Gasteiger partial charge in [0.1, 0.15) is 5.82 Å². The van der Waals surface area contributed by atoms with E-state index in [1.165, 1.54) is 0 Å². The van der Waals surface area contributed by atoms with Gasteiger partial charge in [0.25, 0.3) is 0 Å². The standard InChI is InChI=1S/C32H30N6O/c39-32(38(28-16-8-3-9-17-28)23-25-11-4-1-5-12-25)27-15-10-21-36(24-27)29-18-19-30(35-34-29)37-22-20-33-31(37)26-13-6-2-7-14-26/h1-9,11-14,16-20,22,27H,10,15,21,23-24H2. The SMILES string of the molecule is O=C(C1CCCN(c2ccc(-n3ccnc3-c3ccccc3)nn2)C1)N(Cc1ccccc1)c1ccccc1. The van der Waals surface area contributed by atoms with Gasteiger partial charge in [0.2, 0.25) is 5.91 Å². The molecule has 3 heterocycles. The molecule has 1 aliphatic heterocycles. The van der Waals surface area contributed by atoms with Crippen LogP contribution in [0.25, 0.3) is 17.2 Å². The van der Waals surface area contributed by atoms with E-state index in [1.807, 2.05) is 107 Å². The molecule has 2 aromatic heterocycles. The highest BCUT2D eigenvalue weighted by Crippen LogP contribution is 2.27. The Morgan fingerprint density at radius 2 is 1.49 bits per heavy atom. The molecule has 1 fully saturated rings. The van der Waals surface area contributed by atoms with Crippen molar-refractivity contribution in [1.29, 1.82) is 0 Å². The number of hydrogen-bond donors (Lipinski definition) is 0. The molecule has 39 heavy (non-hydrogen) atoms. The Morgan fingerprint density at radius 1 is 0.821 bits per heavy atom. The molecule has 1 saturated heterocycles. The predicted octanol–water partition coefficient (Wildman–Crippen LogP) is 5.78. The normalized spacial score (nSPS) is 15.2. The summed E-state index contributed by atoms with van der Waals surface area (Å²) < 4.78 is 1.94. The van der Waals surface area contributed by atoms with Crippen molar-refractivity contribution in [3.05, 3.63) is 121 Å². The van der Waals surface area contributed by atoms with Gasteiger partial charge in [0.05, 0.1) is 12.5 Å². The van der Waals surface area contributed by atoms with E-state index < -0.39 is 0 Å². The van der Waals surface area contributed by atoms with Crippen LogP contribution in [0.3, 0.4) is 0 Å². The molecule has 1 aliphatic rings. The molecular formula is C32H30N6O. The van der Waals surface area contributed by atoms with Crippen LogP contribution >= 0.6 is 0 Å². The first-order valence-corrected chi connectivity index (χ1v) is 13.3. The van der Waals surface area contributed by atoms with E-state index in [0.29, 0.717) is 18.9 Å². The Morgan fingerprint density at radius 3 is 2.21 bits per heavy atom. The lowest BCUT2D eigenvalue weighted by atomic mass is 9.96. The third-order valence-electron chi connectivity index (χ3n) is 7.17. The van der Waals surface area contributed by atoms with Crippen molar-refractivity contribution >= 4 is 17.4 Å². The molecule has 0 radical (unpaired) electrons. The maximum absolute atomic E-state index is 13.9. The smallest absolute Gasteiger partial charge is 0.232 e. The Bertz CT molecular complexity index is 1500.